The van der Waals surface area contributed by atoms with Crippen LogP contribution in [-0.4, -0.2) is 40.2 Å². The van der Waals surface area contributed by atoms with Crippen LogP contribution in [0.25, 0.3) is 16.8 Å². The van der Waals surface area contributed by atoms with Gasteiger partial charge < -0.3 is 10.5 Å². The second kappa shape index (κ2) is 8.76. The number of aromatic nitrogens is 3. The van der Waals surface area contributed by atoms with Gasteiger partial charge in [-0.2, -0.15) is 4.31 Å². The number of benzene rings is 2. The van der Waals surface area contributed by atoms with Gasteiger partial charge >= 0.3 is 0 Å². The highest BCUT2D eigenvalue weighted by molar-refractivity contribution is 7.92. The summed E-state index contributed by atoms with van der Waals surface area (Å²) in [6, 6.07) is 17.5. The molecule has 2 atom stereocenters. The predicted molar refractivity (Wildman–Crippen MR) is 139 cm³/mol. The van der Waals surface area contributed by atoms with Crippen molar-refractivity contribution in [3.63, 3.8) is 0 Å². The standard InChI is InChI=1S/C27H27N5O3S/c1-2-36(33,34)31-16-20-14-19(15-21(20)17-31)27-30-24(25-26(28)29-12-13-32(25)27)18-8-10-23(11-9-18)35-22-6-4-3-5-7-22/h2-13,19-21H,1,14-17H2,(H2,28,29). The minimum absolute atomic E-state index is 0.220. The van der Waals surface area contributed by atoms with Crippen molar-refractivity contribution in [3.8, 4) is 22.8 Å². The van der Waals surface area contributed by atoms with Crippen LogP contribution in [0.4, 0.5) is 5.82 Å². The number of hydrogen-bond donors (Lipinski definition) is 1. The third-order valence-electron chi connectivity index (χ3n) is 7.37. The quantitative estimate of drug-likeness (QED) is 0.412. The summed E-state index contributed by atoms with van der Waals surface area (Å²) in [4.78, 5) is 9.40. The van der Waals surface area contributed by atoms with Crippen LogP contribution < -0.4 is 10.5 Å². The lowest BCUT2D eigenvalue weighted by Crippen LogP contribution is -2.28. The van der Waals surface area contributed by atoms with Crippen molar-refractivity contribution in [2.75, 3.05) is 18.8 Å². The normalized spacial score (nSPS) is 22.1. The molecule has 2 fully saturated rings. The van der Waals surface area contributed by atoms with E-state index < -0.39 is 10.0 Å². The Labute approximate surface area is 210 Å². The topological polar surface area (TPSA) is 103 Å². The van der Waals surface area contributed by atoms with E-state index in [1.165, 1.54) is 0 Å². The maximum Gasteiger partial charge on any atom is 0.235 e. The third-order valence-corrected chi connectivity index (χ3v) is 8.81. The smallest absolute Gasteiger partial charge is 0.235 e. The first kappa shape index (κ1) is 22.8. The number of nitrogens with zero attached hydrogens (tertiary/aromatic N) is 4. The molecule has 184 valence electrons. The number of imidazole rings is 1. The van der Waals surface area contributed by atoms with E-state index in [1.807, 2.05) is 60.8 Å². The van der Waals surface area contributed by atoms with Gasteiger partial charge in [0.25, 0.3) is 0 Å². The summed E-state index contributed by atoms with van der Waals surface area (Å²) < 4.78 is 34.0. The van der Waals surface area contributed by atoms with Crippen LogP contribution in [0, 0.1) is 11.8 Å². The number of hydrogen-bond acceptors (Lipinski definition) is 6. The highest BCUT2D eigenvalue weighted by Crippen LogP contribution is 2.47. The number of sulfonamides is 1. The molecule has 4 aromatic rings. The molecule has 2 aromatic carbocycles. The molecule has 9 heteroatoms. The fourth-order valence-corrected chi connectivity index (χ4v) is 6.67. The molecule has 2 unspecified atom stereocenters. The van der Waals surface area contributed by atoms with E-state index in [0.29, 0.717) is 30.7 Å². The second-order valence-electron chi connectivity index (χ2n) is 9.51. The Morgan fingerprint density at radius 1 is 1.00 bits per heavy atom. The number of rotatable bonds is 6. The Balaban J connectivity index is 1.29. The molecule has 1 saturated carbocycles. The molecule has 0 radical (unpaired) electrons. The summed E-state index contributed by atoms with van der Waals surface area (Å²) in [7, 11) is -3.38. The molecule has 1 saturated heterocycles. The van der Waals surface area contributed by atoms with Crippen LogP contribution in [0.2, 0.25) is 0 Å². The Morgan fingerprint density at radius 2 is 1.67 bits per heavy atom. The van der Waals surface area contributed by atoms with Gasteiger partial charge in [0, 0.05) is 42.4 Å². The Bertz CT molecular complexity index is 1520. The Hall–Kier alpha value is -3.69. The van der Waals surface area contributed by atoms with Crippen molar-refractivity contribution < 1.29 is 13.2 Å². The molecule has 0 bridgehead atoms. The van der Waals surface area contributed by atoms with E-state index in [-0.39, 0.29) is 5.92 Å². The molecular formula is C27H27N5O3S. The van der Waals surface area contributed by atoms with E-state index in [9.17, 15) is 8.42 Å². The monoisotopic (exact) mass is 501 g/mol. The third kappa shape index (κ3) is 3.94. The fourth-order valence-electron chi connectivity index (χ4n) is 5.66. The second-order valence-corrected chi connectivity index (χ2v) is 11.4. The van der Waals surface area contributed by atoms with Crippen LogP contribution in [-0.2, 0) is 10.0 Å². The number of nitrogens with two attached hydrogens (primary N) is 1. The van der Waals surface area contributed by atoms with Crippen LogP contribution in [0.5, 0.6) is 11.5 Å². The first-order chi connectivity index (χ1) is 17.4. The largest absolute Gasteiger partial charge is 0.457 e. The zero-order valence-corrected chi connectivity index (χ0v) is 20.5. The minimum atomic E-state index is -3.38. The summed E-state index contributed by atoms with van der Waals surface area (Å²) in [6.45, 7) is 4.54. The molecule has 2 aromatic heterocycles. The van der Waals surface area contributed by atoms with Crippen molar-refractivity contribution in [1.82, 2.24) is 18.7 Å². The van der Waals surface area contributed by atoms with Crippen molar-refractivity contribution in [2.45, 2.75) is 18.8 Å². The van der Waals surface area contributed by atoms with Gasteiger partial charge in [0.2, 0.25) is 10.0 Å². The van der Waals surface area contributed by atoms with E-state index >= 15 is 0 Å². The summed E-state index contributed by atoms with van der Waals surface area (Å²) in [6.07, 6.45) is 5.38. The molecular weight excluding hydrogens is 474 g/mol. The average molecular weight is 502 g/mol. The van der Waals surface area contributed by atoms with Crippen LogP contribution in [0.15, 0.2) is 79.0 Å². The van der Waals surface area contributed by atoms with E-state index in [4.69, 9.17) is 15.5 Å². The van der Waals surface area contributed by atoms with Crippen LogP contribution >= 0.6 is 0 Å². The Morgan fingerprint density at radius 3 is 2.33 bits per heavy atom. The SMILES string of the molecule is C=CS(=O)(=O)N1CC2CC(c3nc(-c4ccc(Oc5ccccc5)cc4)c4c(N)nccn34)CC2C1. The van der Waals surface area contributed by atoms with Crippen molar-refractivity contribution >= 4 is 21.4 Å². The van der Waals surface area contributed by atoms with Gasteiger partial charge in [0.1, 0.15) is 34.4 Å². The van der Waals surface area contributed by atoms with E-state index in [2.05, 4.69) is 16.0 Å². The molecule has 3 heterocycles. The number of anilines is 1. The summed E-state index contributed by atoms with van der Waals surface area (Å²) >= 11 is 0. The van der Waals surface area contributed by atoms with Crippen molar-refractivity contribution in [2.24, 2.45) is 11.8 Å². The van der Waals surface area contributed by atoms with Gasteiger partial charge in [0.15, 0.2) is 0 Å². The zero-order valence-electron chi connectivity index (χ0n) is 19.7. The molecule has 0 amide bonds. The zero-order chi connectivity index (χ0) is 24.9. The van der Waals surface area contributed by atoms with Gasteiger partial charge in [-0.15, -0.1) is 0 Å². The highest BCUT2D eigenvalue weighted by atomic mass is 32.2. The number of nitrogen functional groups attached to an aromatic ring is 1. The van der Waals surface area contributed by atoms with Gasteiger partial charge in [-0.3, -0.25) is 4.40 Å². The van der Waals surface area contributed by atoms with Gasteiger partial charge in [0.05, 0.1) is 0 Å². The molecule has 2 aliphatic rings. The number of ether oxygens (including phenoxy) is 1. The minimum Gasteiger partial charge on any atom is -0.457 e. The first-order valence-electron chi connectivity index (χ1n) is 12.0. The highest BCUT2D eigenvalue weighted by Gasteiger charge is 2.45. The predicted octanol–water partition coefficient (Wildman–Crippen LogP) is 4.67. The number of para-hydroxylation sites is 1. The van der Waals surface area contributed by atoms with Gasteiger partial charge in [-0.25, -0.2) is 18.4 Å². The molecule has 1 aliphatic carbocycles. The van der Waals surface area contributed by atoms with Crippen molar-refractivity contribution in [1.29, 1.82) is 0 Å². The van der Waals surface area contributed by atoms with E-state index in [0.717, 1.165) is 52.3 Å². The van der Waals surface area contributed by atoms with Gasteiger partial charge in [-0.05, 0) is 61.1 Å². The fraction of sp³-hybridized carbons (Fsp3) is 0.259. The molecule has 0 spiro atoms. The first-order valence-corrected chi connectivity index (χ1v) is 13.5. The van der Waals surface area contributed by atoms with Crippen LogP contribution in [0.3, 0.4) is 0 Å². The molecule has 6 rings (SSSR count). The lowest BCUT2D eigenvalue weighted by Gasteiger charge is -2.16. The maximum atomic E-state index is 12.2. The lowest BCUT2D eigenvalue weighted by atomic mass is 10.0. The van der Waals surface area contributed by atoms with Gasteiger partial charge in [-0.1, -0.05) is 24.8 Å². The molecule has 2 N–H and O–H groups in total. The summed E-state index contributed by atoms with van der Waals surface area (Å²) in [5.74, 6) is 3.74. The maximum absolute atomic E-state index is 12.2. The molecule has 1 aliphatic heterocycles. The number of fused-ring (bicyclic) bond motifs is 2. The van der Waals surface area contributed by atoms with E-state index in [1.54, 1.807) is 10.5 Å². The molecule has 8 nitrogen and oxygen atoms in total. The molecule has 36 heavy (non-hydrogen) atoms. The summed E-state index contributed by atoms with van der Waals surface area (Å²) in [5.41, 5.74) is 8.84. The van der Waals surface area contributed by atoms with Crippen molar-refractivity contribution in [3.05, 3.63) is 84.8 Å². The summed E-state index contributed by atoms with van der Waals surface area (Å²) in [5, 5.41) is 1.05. The average Bonchev–Trinajstić information content (AvgIpc) is 3.58. The van der Waals surface area contributed by atoms with Crippen LogP contribution in [0.1, 0.15) is 24.6 Å². The Kier molecular flexibility index (Phi) is 5.54. The lowest BCUT2D eigenvalue weighted by molar-refractivity contribution is 0.439.